The van der Waals surface area contributed by atoms with Crippen LogP contribution in [0.15, 0.2) is 27.8 Å². The maximum atomic E-state index is 11.2. The first-order chi connectivity index (χ1) is 6.09. The Balaban J connectivity index is 2.91. The molecule has 1 heterocycles. The molecule has 0 aliphatic rings. The van der Waals surface area contributed by atoms with E-state index in [1.807, 2.05) is 0 Å². The van der Waals surface area contributed by atoms with Crippen LogP contribution in [0.4, 0.5) is 0 Å². The Kier molecular flexibility index (Phi) is 3.78. The Hall–Kier alpha value is -0.510. The second-order valence-electron chi connectivity index (χ2n) is 2.20. The van der Waals surface area contributed by atoms with Crippen molar-refractivity contribution in [1.82, 2.24) is 9.55 Å². The molecule has 0 aliphatic heterocycles. The number of rotatable bonds is 2. The second-order valence-corrected chi connectivity index (χ2v) is 3.59. The first kappa shape index (κ1) is 10.6. The van der Waals surface area contributed by atoms with E-state index in [9.17, 15) is 4.79 Å². The molecule has 0 aliphatic carbocycles. The summed E-state index contributed by atoms with van der Waals surface area (Å²) in [5.41, 5.74) is -0.245. The molecular weight excluding hydrogens is 234 g/mol. The molecule has 1 rings (SSSR count). The summed E-state index contributed by atoms with van der Waals surface area (Å²) in [4.78, 5) is 14.9. The summed E-state index contributed by atoms with van der Waals surface area (Å²) in [6.45, 7) is 0.283. The Morgan fingerprint density at radius 2 is 2.31 bits per heavy atom. The average Bonchev–Trinajstić information content (AvgIpc) is 2.02. The fourth-order valence-electron chi connectivity index (χ4n) is 0.708. The monoisotopic (exact) mass is 238 g/mol. The standard InChI is InChI=1S/C7H5Cl3N2O/c8-5(9)1-2-12-4-11-6(10)3-7(12)13/h1,3-4H,2H2. The van der Waals surface area contributed by atoms with Crippen LogP contribution in [0.3, 0.4) is 0 Å². The third-order valence-electron chi connectivity index (χ3n) is 1.29. The first-order valence-corrected chi connectivity index (χ1v) is 4.46. The zero-order valence-corrected chi connectivity index (χ0v) is 8.64. The van der Waals surface area contributed by atoms with Crippen molar-refractivity contribution in [1.29, 1.82) is 0 Å². The smallest absolute Gasteiger partial charge is 0.255 e. The third-order valence-corrected chi connectivity index (χ3v) is 1.80. The van der Waals surface area contributed by atoms with Crippen LogP contribution < -0.4 is 5.56 Å². The number of allylic oxidation sites excluding steroid dienone is 1. The van der Waals surface area contributed by atoms with Crippen LogP contribution in [-0.4, -0.2) is 9.55 Å². The van der Waals surface area contributed by atoms with Crippen molar-refractivity contribution in [3.05, 3.63) is 38.5 Å². The van der Waals surface area contributed by atoms with E-state index in [1.54, 1.807) is 0 Å². The van der Waals surface area contributed by atoms with Gasteiger partial charge in [-0.05, 0) is 6.08 Å². The molecule has 0 aromatic carbocycles. The third kappa shape index (κ3) is 3.38. The van der Waals surface area contributed by atoms with Crippen LogP contribution in [0.25, 0.3) is 0 Å². The highest BCUT2D eigenvalue weighted by Gasteiger charge is 1.95. The van der Waals surface area contributed by atoms with Gasteiger partial charge in [-0.1, -0.05) is 34.8 Å². The van der Waals surface area contributed by atoms with Gasteiger partial charge in [-0.2, -0.15) is 0 Å². The van der Waals surface area contributed by atoms with Crippen LogP contribution >= 0.6 is 34.8 Å². The van der Waals surface area contributed by atoms with E-state index < -0.39 is 0 Å². The van der Waals surface area contributed by atoms with E-state index in [-0.39, 0.29) is 21.7 Å². The molecule has 0 saturated carbocycles. The van der Waals surface area contributed by atoms with Gasteiger partial charge in [0.15, 0.2) is 0 Å². The summed E-state index contributed by atoms with van der Waals surface area (Å²) < 4.78 is 1.44. The van der Waals surface area contributed by atoms with Gasteiger partial charge in [0.05, 0.1) is 6.33 Å². The average molecular weight is 239 g/mol. The summed E-state index contributed by atoms with van der Waals surface area (Å²) in [7, 11) is 0. The minimum absolute atomic E-state index is 0.113. The number of aromatic nitrogens is 2. The van der Waals surface area contributed by atoms with Gasteiger partial charge in [-0.25, -0.2) is 4.98 Å². The van der Waals surface area contributed by atoms with Crippen LogP contribution in [0.1, 0.15) is 0 Å². The fraction of sp³-hybridized carbons (Fsp3) is 0.143. The van der Waals surface area contributed by atoms with Gasteiger partial charge in [0.2, 0.25) is 0 Å². The molecule has 13 heavy (non-hydrogen) atoms. The Morgan fingerprint density at radius 1 is 1.62 bits per heavy atom. The highest BCUT2D eigenvalue weighted by Crippen LogP contribution is 2.05. The summed E-state index contributed by atoms with van der Waals surface area (Å²) in [6.07, 6.45) is 2.82. The Bertz CT molecular complexity index is 382. The molecule has 0 bridgehead atoms. The van der Waals surface area contributed by atoms with Crippen molar-refractivity contribution in [2.75, 3.05) is 0 Å². The van der Waals surface area contributed by atoms with Gasteiger partial charge in [0.1, 0.15) is 9.64 Å². The lowest BCUT2D eigenvalue weighted by Crippen LogP contribution is -2.18. The molecule has 0 fully saturated rings. The summed E-state index contributed by atoms with van der Waals surface area (Å²) in [6, 6.07) is 1.22. The zero-order valence-electron chi connectivity index (χ0n) is 6.38. The number of nitrogens with zero attached hydrogens (tertiary/aromatic N) is 2. The van der Waals surface area contributed by atoms with Gasteiger partial charge < -0.3 is 0 Å². The van der Waals surface area contributed by atoms with Crippen LogP contribution in [-0.2, 0) is 6.54 Å². The van der Waals surface area contributed by atoms with Crippen molar-refractivity contribution < 1.29 is 0 Å². The van der Waals surface area contributed by atoms with E-state index in [4.69, 9.17) is 34.8 Å². The molecule has 1 aromatic heterocycles. The van der Waals surface area contributed by atoms with Crippen LogP contribution in [0.2, 0.25) is 5.15 Å². The van der Waals surface area contributed by atoms with Gasteiger partial charge in [0.25, 0.3) is 5.56 Å². The van der Waals surface area contributed by atoms with Crippen molar-refractivity contribution in [3.63, 3.8) is 0 Å². The van der Waals surface area contributed by atoms with E-state index in [1.165, 1.54) is 23.0 Å². The maximum absolute atomic E-state index is 11.2. The van der Waals surface area contributed by atoms with Gasteiger partial charge in [-0.3, -0.25) is 9.36 Å². The minimum Gasteiger partial charge on any atom is -0.295 e. The molecule has 0 saturated heterocycles. The SMILES string of the molecule is O=c1cc(Cl)ncn1CC=C(Cl)Cl. The Morgan fingerprint density at radius 3 is 2.85 bits per heavy atom. The fourth-order valence-corrected chi connectivity index (χ4v) is 0.983. The lowest BCUT2D eigenvalue weighted by Gasteiger charge is -1.99. The number of hydrogen-bond acceptors (Lipinski definition) is 2. The molecule has 0 atom stereocenters. The van der Waals surface area contributed by atoms with E-state index in [2.05, 4.69) is 4.98 Å². The van der Waals surface area contributed by atoms with Crippen molar-refractivity contribution >= 4 is 34.8 Å². The largest absolute Gasteiger partial charge is 0.295 e. The normalized spacial score (nSPS) is 9.77. The molecule has 3 nitrogen and oxygen atoms in total. The first-order valence-electron chi connectivity index (χ1n) is 3.33. The summed E-state index contributed by atoms with van der Waals surface area (Å²) in [5, 5.41) is 0.169. The van der Waals surface area contributed by atoms with Crippen molar-refractivity contribution in [3.8, 4) is 0 Å². The zero-order chi connectivity index (χ0) is 9.84. The molecule has 0 radical (unpaired) electrons. The Labute approximate surface area is 89.6 Å². The summed E-state index contributed by atoms with van der Waals surface area (Å²) in [5.74, 6) is 0. The summed E-state index contributed by atoms with van der Waals surface area (Å²) >= 11 is 16.2. The van der Waals surface area contributed by atoms with Gasteiger partial charge in [0, 0.05) is 12.6 Å². The molecular formula is C7H5Cl3N2O. The van der Waals surface area contributed by atoms with Gasteiger partial charge >= 0.3 is 0 Å². The molecule has 6 heteroatoms. The molecule has 0 unspecified atom stereocenters. The van der Waals surface area contributed by atoms with Crippen molar-refractivity contribution in [2.24, 2.45) is 0 Å². The molecule has 70 valence electrons. The van der Waals surface area contributed by atoms with Crippen LogP contribution in [0.5, 0.6) is 0 Å². The van der Waals surface area contributed by atoms with E-state index in [0.717, 1.165) is 0 Å². The van der Waals surface area contributed by atoms with Gasteiger partial charge in [-0.15, -0.1) is 0 Å². The second kappa shape index (κ2) is 4.65. The topological polar surface area (TPSA) is 34.9 Å². The van der Waals surface area contributed by atoms with Crippen molar-refractivity contribution in [2.45, 2.75) is 6.54 Å². The highest BCUT2D eigenvalue weighted by molar-refractivity contribution is 6.55. The number of halogens is 3. The predicted molar refractivity (Wildman–Crippen MR) is 53.3 cm³/mol. The molecule has 0 amide bonds. The maximum Gasteiger partial charge on any atom is 0.255 e. The highest BCUT2D eigenvalue weighted by atomic mass is 35.5. The quantitative estimate of drug-likeness (QED) is 0.742. The van der Waals surface area contributed by atoms with E-state index in [0.29, 0.717) is 0 Å². The lowest BCUT2D eigenvalue weighted by atomic mass is 10.5. The van der Waals surface area contributed by atoms with E-state index >= 15 is 0 Å². The lowest BCUT2D eigenvalue weighted by molar-refractivity contribution is 0.753. The predicted octanol–water partition coefficient (Wildman–Crippen LogP) is 2.22. The molecule has 0 N–H and O–H groups in total. The molecule has 1 aromatic rings. The van der Waals surface area contributed by atoms with Crippen LogP contribution in [0, 0.1) is 0 Å². The minimum atomic E-state index is -0.245. The molecule has 0 spiro atoms. The number of hydrogen-bond donors (Lipinski definition) is 0.